The molecule has 6 heteroatoms. The topological polar surface area (TPSA) is 84.0 Å². The number of anilines is 1. The van der Waals surface area contributed by atoms with Gasteiger partial charge in [-0.25, -0.2) is 9.97 Å². The molecule has 0 unspecified atom stereocenters. The van der Waals surface area contributed by atoms with Crippen LogP contribution < -0.4 is 10.6 Å². The lowest BCUT2D eigenvalue weighted by atomic mass is 10.2. The Morgan fingerprint density at radius 1 is 1.04 bits per heavy atom. The molecule has 0 atom stereocenters. The predicted octanol–water partition coefficient (Wildman–Crippen LogP) is 2.37. The summed E-state index contributed by atoms with van der Waals surface area (Å²) in [5.74, 6) is -0.253. The van der Waals surface area contributed by atoms with Crippen LogP contribution >= 0.6 is 0 Å². The van der Waals surface area contributed by atoms with Crippen LogP contribution in [0.1, 0.15) is 28.7 Å². The summed E-state index contributed by atoms with van der Waals surface area (Å²) in [5, 5.41) is 5.43. The zero-order valence-electron chi connectivity index (χ0n) is 13.3. The maximum Gasteiger partial charge on any atom is 0.255 e. The number of aryl methyl sites for hydroxylation is 2. The van der Waals surface area contributed by atoms with Gasteiger partial charge in [-0.05, 0) is 32.0 Å². The molecule has 0 saturated heterocycles. The molecule has 0 bridgehead atoms. The fraction of sp³-hybridized carbons (Fsp3) is 0.176. The molecule has 2 rings (SSSR count). The van der Waals surface area contributed by atoms with Crippen molar-refractivity contribution in [3.05, 3.63) is 65.2 Å². The van der Waals surface area contributed by atoms with Gasteiger partial charge in [-0.3, -0.25) is 9.59 Å². The molecule has 23 heavy (non-hydrogen) atoms. The van der Waals surface area contributed by atoms with E-state index in [1.165, 1.54) is 13.1 Å². The van der Waals surface area contributed by atoms with Gasteiger partial charge in [0.15, 0.2) is 5.78 Å². The molecule has 1 aromatic carbocycles. The molecule has 6 nitrogen and oxygen atoms in total. The molecule has 118 valence electrons. The minimum atomic E-state index is -0.352. The number of allylic oxidation sites excluding steroid dienone is 1. The number of nitrogens with one attached hydrogen (secondary N) is 2. The van der Waals surface area contributed by atoms with Crippen molar-refractivity contribution in [1.29, 1.82) is 0 Å². The lowest BCUT2D eigenvalue weighted by molar-refractivity contribution is -0.113. The monoisotopic (exact) mass is 310 g/mol. The highest BCUT2D eigenvalue weighted by Gasteiger charge is 2.11. The Kier molecular flexibility index (Phi) is 5.19. The first-order chi connectivity index (χ1) is 11.0. The van der Waals surface area contributed by atoms with Crippen LogP contribution in [0.3, 0.4) is 0 Å². The molecule has 2 aromatic rings. The summed E-state index contributed by atoms with van der Waals surface area (Å²) in [7, 11) is 0. The van der Waals surface area contributed by atoms with Gasteiger partial charge in [0, 0.05) is 30.1 Å². The number of ketones is 1. The number of Topliss-reactive ketones (excluding diaryl/α,β-unsaturated/α-hetero) is 1. The van der Waals surface area contributed by atoms with Crippen LogP contribution in [0.4, 0.5) is 5.95 Å². The highest BCUT2D eigenvalue weighted by molar-refractivity contribution is 6.02. The van der Waals surface area contributed by atoms with Crippen LogP contribution in [0.15, 0.2) is 48.3 Å². The smallest absolute Gasteiger partial charge is 0.255 e. The van der Waals surface area contributed by atoms with E-state index in [2.05, 4.69) is 20.6 Å². The van der Waals surface area contributed by atoms with Gasteiger partial charge in [0.05, 0.1) is 0 Å². The number of carbonyl (C=O) groups excluding carboxylic acids is 2. The van der Waals surface area contributed by atoms with Crippen LogP contribution in [0.25, 0.3) is 0 Å². The van der Waals surface area contributed by atoms with E-state index in [4.69, 9.17) is 0 Å². The second-order valence-electron chi connectivity index (χ2n) is 5.05. The largest absolute Gasteiger partial charge is 0.329 e. The summed E-state index contributed by atoms with van der Waals surface area (Å²) in [6, 6.07) is 10.5. The van der Waals surface area contributed by atoms with Gasteiger partial charge in [0.25, 0.3) is 5.91 Å². The summed E-state index contributed by atoms with van der Waals surface area (Å²) >= 11 is 0. The highest BCUT2D eigenvalue weighted by Crippen LogP contribution is 2.05. The maximum absolute atomic E-state index is 12.1. The van der Waals surface area contributed by atoms with E-state index in [9.17, 15) is 9.59 Å². The molecule has 1 aromatic heterocycles. The first-order valence-corrected chi connectivity index (χ1v) is 7.12. The minimum absolute atomic E-state index is 0.140. The molecular formula is C17H18N4O2. The van der Waals surface area contributed by atoms with Crippen molar-refractivity contribution >= 4 is 17.6 Å². The zero-order valence-corrected chi connectivity index (χ0v) is 13.3. The number of rotatable bonds is 5. The van der Waals surface area contributed by atoms with Crippen molar-refractivity contribution < 1.29 is 9.59 Å². The quantitative estimate of drug-likeness (QED) is 0.828. The number of carbonyl (C=O) groups is 2. The number of nitrogens with zero attached hydrogens (tertiary/aromatic N) is 2. The van der Waals surface area contributed by atoms with Crippen LogP contribution in [0.2, 0.25) is 0 Å². The van der Waals surface area contributed by atoms with Gasteiger partial charge in [0.2, 0.25) is 5.95 Å². The highest BCUT2D eigenvalue weighted by atomic mass is 16.2. The average Bonchev–Trinajstić information content (AvgIpc) is 2.50. The molecule has 0 spiro atoms. The Balaban J connectivity index is 2.15. The normalized spacial score (nSPS) is 11.0. The zero-order chi connectivity index (χ0) is 16.8. The summed E-state index contributed by atoms with van der Waals surface area (Å²) in [6.45, 7) is 5.08. The second-order valence-corrected chi connectivity index (χ2v) is 5.05. The number of benzene rings is 1. The molecule has 0 fully saturated rings. The molecule has 0 aliphatic heterocycles. The van der Waals surface area contributed by atoms with Crippen molar-refractivity contribution in [2.75, 3.05) is 5.32 Å². The molecule has 1 heterocycles. The molecule has 0 aliphatic carbocycles. The Morgan fingerprint density at radius 3 is 2.22 bits per heavy atom. The van der Waals surface area contributed by atoms with Crippen LogP contribution in [0.5, 0.6) is 0 Å². The first-order valence-electron chi connectivity index (χ1n) is 7.12. The number of hydrogen-bond acceptors (Lipinski definition) is 5. The third-order valence-electron chi connectivity index (χ3n) is 2.99. The molecule has 0 aliphatic rings. The SMILES string of the molecule is CC(=O)/C(=C/Nc1nc(C)cc(C)n1)NC(=O)c1ccccc1. The van der Waals surface area contributed by atoms with E-state index in [1.807, 2.05) is 26.0 Å². The molecule has 2 N–H and O–H groups in total. The maximum atomic E-state index is 12.1. The van der Waals surface area contributed by atoms with Crippen molar-refractivity contribution in [2.24, 2.45) is 0 Å². The third kappa shape index (κ3) is 4.74. The Hall–Kier alpha value is -3.02. The first kappa shape index (κ1) is 16.4. The van der Waals surface area contributed by atoms with Crippen LogP contribution in [-0.4, -0.2) is 21.7 Å². The van der Waals surface area contributed by atoms with Gasteiger partial charge < -0.3 is 10.6 Å². The molecule has 1 amide bonds. The van der Waals surface area contributed by atoms with Gasteiger partial charge in [-0.15, -0.1) is 0 Å². The minimum Gasteiger partial charge on any atom is -0.329 e. The van der Waals surface area contributed by atoms with E-state index < -0.39 is 0 Å². The van der Waals surface area contributed by atoms with Crippen molar-refractivity contribution in [1.82, 2.24) is 15.3 Å². The van der Waals surface area contributed by atoms with Gasteiger partial charge >= 0.3 is 0 Å². The summed E-state index contributed by atoms with van der Waals surface area (Å²) < 4.78 is 0. The van der Waals surface area contributed by atoms with Crippen LogP contribution in [0, 0.1) is 13.8 Å². The lowest BCUT2D eigenvalue weighted by Gasteiger charge is -2.08. The predicted molar refractivity (Wildman–Crippen MR) is 87.8 cm³/mol. The fourth-order valence-electron chi connectivity index (χ4n) is 1.94. The fourth-order valence-corrected chi connectivity index (χ4v) is 1.94. The van der Waals surface area contributed by atoms with E-state index in [1.54, 1.807) is 24.3 Å². The van der Waals surface area contributed by atoms with Crippen molar-refractivity contribution in [3.63, 3.8) is 0 Å². The Labute approximate surface area is 134 Å². The molecule has 0 saturated carbocycles. The summed E-state index contributed by atoms with van der Waals surface area (Å²) in [6.07, 6.45) is 1.40. The number of amides is 1. The Morgan fingerprint density at radius 2 is 1.65 bits per heavy atom. The standard InChI is InChI=1S/C17H18N4O2/c1-11-9-12(2)20-17(19-11)18-10-15(13(3)22)21-16(23)14-7-5-4-6-8-14/h4-10H,1-3H3,(H,21,23)(H,18,19,20)/b15-10-. The Bertz CT molecular complexity index is 734. The second kappa shape index (κ2) is 7.31. The van der Waals surface area contributed by atoms with E-state index in [-0.39, 0.29) is 17.4 Å². The van der Waals surface area contributed by atoms with E-state index >= 15 is 0 Å². The molecule has 0 radical (unpaired) electrons. The van der Waals surface area contributed by atoms with Crippen molar-refractivity contribution in [3.8, 4) is 0 Å². The lowest BCUT2D eigenvalue weighted by Crippen LogP contribution is -2.27. The van der Waals surface area contributed by atoms with E-state index in [0.717, 1.165) is 11.4 Å². The van der Waals surface area contributed by atoms with Gasteiger partial charge in [0.1, 0.15) is 5.70 Å². The molecular weight excluding hydrogens is 292 g/mol. The van der Waals surface area contributed by atoms with Crippen molar-refractivity contribution in [2.45, 2.75) is 20.8 Å². The van der Waals surface area contributed by atoms with E-state index in [0.29, 0.717) is 11.5 Å². The van der Waals surface area contributed by atoms with Gasteiger partial charge in [-0.1, -0.05) is 18.2 Å². The summed E-state index contributed by atoms with van der Waals surface area (Å²) in [5.41, 5.74) is 2.24. The number of hydrogen-bond donors (Lipinski definition) is 2. The number of aromatic nitrogens is 2. The summed E-state index contributed by atoms with van der Waals surface area (Å²) in [4.78, 5) is 32.2. The average molecular weight is 310 g/mol. The van der Waals surface area contributed by atoms with Crippen LogP contribution in [-0.2, 0) is 4.79 Å². The van der Waals surface area contributed by atoms with Gasteiger partial charge in [-0.2, -0.15) is 0 Å². The third-order valence-corrected chi connectivity index (χ3v) is 2.99.